The number of aromatic nitrogens is 5. The van der Waals surface area contributed by atoms with E-state index in [1.165, 1.54) is 30.2 Å². The zero-order valence-corrected chi connectivity index (χ0v) is 24.3. The molecule has 4 aromatic rings. The van der Waals surface area contributed by atoms with Crippen LogP contribution in [0.1, 0.15) is 43.7 Å². The fourth-order valence-electron chi connectivity index (χ4n) is 4.07. The third-order valence-corrected chi connectivity index (χ3v) is 7.96. The third kappa shape index (κ3) is 7.11. The van der Waals surface area contributed by atoms with Crippen molar-refractivity contribution < 1.29 is 14.3 Å². The highest BCUT2D eigenvalue weighted by Crippen LogP contribution is 2.41. The summed E-state index contributed by atoms with van der Waals surface area (Å²) in [6.07, 6.45) is 5.74. The third-order valence-electron chi connectivity index (χ3n) is 6.43. The van der Waals surface area contributed by atoms with E-state index < -0.39 is 5.60 Å². The van der Waals surface area contributed by atoms with Crippen LogP contribution < -0.4 is 10.1 Å². The van der Waals surface area contributed by atoms with Crippen molar-refractivity contribution in [1.82, 2.24) is 25.2 Å². The molecule has 2 aromatic carbocycles. The van der Waals surface area contributed by atoms with Gasteiger partial charge in [-0.05, 0) is 90.6 Å². The number of carbonyl (C=O) groups is 1. The van der Waals surface area contributed by atoms with E-state index in [9.17, 15) is 4.79 Å². The van der Waals surface area contributed by atoms with Crippen LogP contribution >= 0.6 is 35.0 Å². The molecule has 1 amide bonds. The van der Waals surface area contributed by atoms with Crippen molar-refractivity contribution in [1.29, 1.82) is 0 Å². The predicted molar refractivity (Wildman–Crippen MR) is 156 cm³/mol. The van der Waals surface area contributed by atoms with Gasteiger partial charge in [-0.25, -0.2) is 0 Å². The lowest BCUT2D eigenvalue weighted by Gasteiger charge is -2.26. The Hall–Kier alpha value is -3.18. The molecule has 5 rings (SSSR count). The monoisotopic (exact) mass is 598 g/mol. The van der Waals surface area contributed by atoms with Crippen molar-refractivity contribution in [3.05, 3.63) is 82.1 Å². The van der Waals surface area contributed by atoms with Gasteiger partial charge in [-0.1, -0.05) is 47.1 Å². The highest BCUT2D eigenvalue weighted by molar-refractivity contribution is 7.99. The lowest BCUT2D eigenvalue weighted by Crippen LogP contribution is -2.24. The van der Waals surface area contributed by atoms with Crippen molar-refractivity contribution in [2.45, 2.75) is 43.4 Å². The summed E-state index contributed by atoms with van der Waals surface area (Å²) in [6, 6.07) is 15.0. The zero-order valence-electron chi connectivity index (χ0n) is 22.0. The second-order valence-corrected chi connectivity index (χ2v) is 11.5. The minimum atomic E-state index is -0.612. The highest BCUT2D eigenvalue weighted by atomic mass is 35.5. The van der Waals surface area contributed by atoms with Gasteiger partial charge in [-0.15, -0.1) is 5.10 Å². The molecule has 2 heterocycles. The summed E-state index contributed by atoms with van der Waals surface area (Å²) < 4.78 is 13.3. The van der Waals surface area contributed by atoms with Gasteiger partial charge >= 0.3 is 0 Å². The number of hydrogen-bond donors (Lipinski definition) is 1. The molecule has 2 aromatic heterocycles. The van der Waals surface area contributed by atoms with E-state index in [4.69, 9.17) is 32.7 Å². The summed E-state index contributed by atoms with van der Waals surface area (Å²) in [5.41, 5.74) is 2.66. The van der Waals surface area contributed by atoms with Gasteiger partial charge in [0.15, 0.2) is 0 Å². The van der Waals surface area contributed by atoms with E-state index >= 15 is 0 Å². The molecule has 208 valence electrons. The second-order valence-electron chi connectivity index (χ2n) is 9.78. The van der Waals surface area contributed by atoms with Crippen LogP contribution in [0.25, 0.3) is 5.69 Å². The van der Waals surface area contributed by atoms with Crippen molar-refractivity contribution in [3.8, 4) is 11.4 Å². The first-order valence-corrected chi connectivity index (χ1v) is 14.5. The lowest BCUT2D eigenvalue weighted by atomic mass is 9.98. The summed E-state index contributed by atoms with van der Waals surface area (Å²) in [6.45, 7) is 4.69. The van der Waals surface area contributed by atoms with Crippen LogP contribution in [0, 0.1) is 0 Å². The van der Waals surface area contributed by atoms with Crippen LogP contribution in [-0.2, 0) is 15.1 Å². The quantitative estimate of drug-likeness (QED) is 0.149. The SMILES string of the molecule is CC(C)(OCCOc1ccncc1)c1ccc(NC(=O)CSc2nnnn2-c2ccc(C3CC3)cc2Cl)c(Cl)c1. The molecular formula is C28H28Cl2N6O3S. The first-order chi connectivity index (χ1) is 19.3. The summed E-state index contributed by atoms with van der Waals surface area (Å²) in [5.74, 6) is 1.17. The Kier molecular flexibility index (Phi) is 8.90. The van der Waals surface area contributed by atoms with Gasteiger partial charge in [0, 0.05) is 12.4 Å². The number of tetrazole rings is 1. The van der Waals surface area contributed by atoms with Gasteiger partial charge in [-0.3, -0.25) is 9.78 Å². The van der Waals surface area contributed by atoms with Gasteiger partial charge in [0.1, 0.15) is 12.4 Å². The average Bonchev–Trinajstić information content (AvgIpc) is 3.69. The van der Waals surface area contributed by atoms with Crippen molar-refractivity contribution >= 4 is 46.6 Å². The van der Waals surface area contributed by atoms with Crippen LogP contribution in [0.5, 0.6) is 5.75 Å². The minimum absolute atomic E-state index is 0.0856. The van der Waals surface area contributed by atoms with Gasteiger partial charge in [0.25, 0.3) is 0 Å². The largest absolute Gasteiger partial charge is 0.491 e. The topological polar surface area (TPSA) is 104 Å². The highest BCUT2D eigenvalue weighted by Gasteiger charge is 2.25. The van der Waals surface area contributed by atoms with Gasteiger partial charge in [0.05, 0.1) is 39.4 Å². The van der Waals surface area contributed by atoms with Gasteiger partial charge < -0.3 is 14.8 Å². The number of rotatable bonds is 12. The molecule has 0 unspecified atom stereocenters. The Morgan fingerprint density at radius 2 is 1.88 bits per heavy atom. The molecule has 0 spiro atoms. The van der Waals surface area contributed by atoms with Gasteiger partial charge in [0.2, 0.25) is 11.1 Å². The Bertz CT molecular complexity index is 1480. The normalized spacial score (nSPS) is 13.3. The number of nitrogens with one attached hydrogen (secondary N) is 1. The van der Waals surface area contributed by atoms with Crippen LogP contribution in [0.3, 0.4) is 0 Å². The maximum atomic E-state index is 12.7. The molecule has 1 aliphatic carbocycles. The molecule has 40 heavy (non-hydrogen) atoms. The fourth-order valence-corrected chi connectivity index (χ4v) is 5.25. The number of nitrogens with zero attached hydrogens (tertiary/aromatic N) is 5. The number of carbonyl (C=O) groups excluding carboxylic acids is 1. The fraction of sp³-hybridized carbons (Fsp3) is 0.321. The van der Waals surface area contributed by atoms with Crippen LogP contribution in [0.15, 0.2) is 66.1 Å². The molecule has 0 aliphatic heterocycles. The molecule has 0 radical (unpaired) electrons. The number of hydrogen-bond acceptors (Lipinski definition) is 8. The second kappa shape index (κ2) is 12.6. The van der Waals surface area contributed by atoms with E-state index in [-0.39, 0.29) is 11.7 Å². The molecule has 12 heteroatoms. The predicted octanol–water partition coefficient (Wildman–Crippen LogP) is 6.30. The minimum Gasteiger partial charge on any atom is -0.491 e. The molecule has 1 N–H and O–H groups in total. The molecule has 1 fully saturated rings. The smallest absolute Gasteiger partial charge is 0.234 e. The van der Waals surface area contributed by atoms with Crippen molar-refractivity contribution in [2.24, 2.45) is 0 Å². The molecule has 1 aliphatic rings. The molecule has 0 saturated heterocycles. The number of benzene rings is 2. The van der Waals surface area contributed by atoms with Crippen LogP contribution in [0.2, 0.25) is 10.0 Å². The maximum Gasteiger partial charge on any atom is 0.234 e. The molecule has 1 saturated carbocycles. The Balaban J connectivity index is 1.14. The van der Waals surface area contributed by atoms with E-state index in [1.54, 1.807) is 41.3 Å². The number of pyridine rings is 1. The number of amides is 1. The summed E-state index contributed by atoms with van der Waals surface area (Å²) in [5, 5.41) is 16.2. The number of ether oxygens (including phenoxy) is 2. The number of anilines is 1. The van der Waals surface area contributed by atoms with E-state index in [2.05, 4.69) is 31.9 Å². The first kappa shape index (κ1) is 28.4. The van der Waals surface area contributed by atoms with E-state index in [0.29, 0.717) is 45.7 Å². The molecule has 9 nitrogen and oxygen atoms in total. The summed E-state index contributed by atoms with van der Waals surface area (Å²) >= 11 is 14.3. The van der Waals surface area contributed by atoms with Crippen molar-refractivity contribution in [2.75, 3.05) is 24.3 Å². The van der Waals surface area contributed by atoms with E-state index in [0.717, 1.165) is 11.3 Å². The standard InChI is InChI=1S/C28H28Cl2N6O3S/c1-28(2,39-14-13-38-21-9-11-31-12-10-21)20-6-7-24(22(29)16-20)32-26(37)17-40-27-33-34-35-36(27)25-8-5-19(15-23(25)30)18-3-4-18/h5-12,15-16,18H,3-4,13-14,17H2,1-2H3,(H,32,37). The first-order valence-electron chi connectivity index (χ1n) is 12.8. The van der Waals surface area contributed by atoms with Crippen molar-refractivity contribution in [3.63, 3.8) is 0 Å². The average molecular weight is 600 g/mol. The van der Waals surface area contributed by atoms with Gasteiger partial charge in [-0.2, -0.15) is 4.68 Å². The zero-order chi connectivity index (χ0) is 28.1. The van der Waals surface area contributed by atoms with Crippen LogP contribution in [-0.4, -0.2) is 50.1 Å². The number of halogens is 2. The Morgan fingerprint density at radius 1 is 1.07 bits per heavy atom. The Morgan fingerprint density at radius 3 is 2.60 bits per heavy atom. The Labute approximate surface area is 246 Å². The van der Waals surface area contributed by atoms with E-state index in [1.807, 2.05) is 32.0 Å². The molecule has 0 atom stereocenters. The summed E-state index contributed by atoms with van der Waals surface area (Å²) in [4.78, 5) is 16.7. The van der Waals surface area contributed by atoms with Crippen LogP contribution in [0.4, 0.5) is 5.69 Å². The lowest BCUT2D eigenvalue weighted by molar-refractivity contribution is -0.113. The summed E-state index contributed by atoms with van der Waals surface area (Å²) in [7, 11) is 0. The molecular weight excluding hydrogens is 571 g/mol. The maximum absolute atomic E-state index is 12.7. The molecule has 0 bridgehead atoms. The number of thioether (sulfide) groups is 1.